The van der Waals surface area contributed by atoms with Crippen LogP contribution in [0.5, 0.6) is 0 Å². The minimum absolute atomic E-state index is 0.0606. The van der Waals surface area contributed by atoms with Crippen LogP contribution in [0.3, 0.4) is 0 Å². The van der Waals surface area contributed by atoms with Crippen molar-refractivity contribution in [3.05, 3.63) is 85.1 Å². The van der Waals surface area contributed by atoms with Crippen LogP contribution in [-0.2, 0) is 19.1 Å². The standard InChI is InChI=1S/C87H158O5/c1-3-5-7-9-11-13-15-17-19-21-23-25-27-29-31-33-35-37-39-41-43-45-47-49-51-53-55-57-59-61-63-65-67-69-71-73-75-77-79-81-86(89)91-84-85(83-88)92-87(90)82-80-78-76-74-72-70-68-66-64-62-60-58-56-54-52-50-48-46-44-42-40-38-36-34-32-30-28-26-24-22-20-18-16-14-12-10-8-6-4-2/h6,8,12,14-15,17-18,20-21,23-24,26-27,29,85,88H,3-5,7,9-11,13,16,19,22,25,28,30-84H2,1-2H3/b8-6-,14-12-,17-15-,20-18-,23-21-,26-24-,29-27-. The molecule has 0 heterocycles. The van der Waals surface area contributed by atoms with Crippen molar-refractivity contribution in [2.45, 2.75) is 444 Å². The van der Waals surface area contributed by atoms with E-state index in [2.05, 4.69) is 98.9 Å². The van der Waals surface area contributed by atoms with E-state index >= 15 is 0 Å². The fourth-order valence-corrected chi connectivity index (χ4v) is 12.6. The number of carbonyl (C=O) groups is 2. The van der Waals surface area contributed by atoms with Crippen molar-refractivity contribution in [3.8, 4) is 0 Å². The molecule has 0 saturated heterocycles. The van der Waals surface area contributed by atoms with E-state index in [1.165, 1.54) is 334 Å². The van der Waals surface area contributed by atoms with Gasteiger partial charge < -0.3 is 14.6 Å². The molecule has 5 heteroatoms. The van der Waals surface area contributed by atoms with E-state index in [1.807, 2.05) is 0 Å². The van der Waals surface area contributed by atoms with Gasteiger partial charge in [0.25, 0.3) is 0 Å². The number of carbonyl (C=O) groups excluding carboxylic acids is 2. The van der Waals surface area contributed by atoms with Crippen molar-refractivity contribution in [1.82, 2.24) is 0 Å². The fourth-order valence-electron chi connectivity index (χ4n) is 12.6. The summed E-state index contributed by atoms with van der Waals surface area (Å²) in [6.07, 6.45) is 117. The van der Waals surface area contributed by atoms with Crippen LogP contribution in [0, 0.1) is 0 Å². The molecule has 0 spiro atoms. The van der Waals surface area contributed by atoms with Gasteiger partial charge in [-0.15, -0.1) is 0 Å². The third kappa shape index (κ3) is 79.5. The summed E-state index contributed by atoms with van der Waals surface area (Å²) < 4.78 is 10.8. The van der Waals surface area contributed by atoms with Crippen molar-refractivity contribution >= 4 is 11.9 Å². The van der Waals surface area contributed by atoms with Crippen LogP contribution in [0.1, 0.15) is 438 Å². The molecule has 92 heavy (non-hydrogen) atoms. The van der Waals surface area contributed by atoms with Gasteiger partial charge in [0.2, 0.25) is 0 Å². The molecule has 0 rings (SSSR count). The molecule has 0 fully saturated rings. The van der Waals surface area contributed by atoms with Crippen molar-refractivity contribution in [2.75, 3.05) is 13.2 Å². The quantitative estimate of drug-likeness (QED) is 0.0373. The lowest BCUT2D eigenvalue weighted by atomic mass is 10.0. The van der Waals surface area contributed by atoms with E-state index in [4.69, 9.17) is 9.47 Å². The number of allylic oxidation sites excluding steroid dienone is 14. The lowest BCUT2D eigenvalue weighted by Gasteiger charge is -2.15. The molecule has 0 aliphatic heterocycles. The molecule has 1 unspecified atom stereocenters. The van der Waals surface area contributed by atoms with Gasteiger partial charge in [0.05, 0.1) is 6.61 Å². The minimum Gasteiger partial charge on any atom is -0.462 e. The van der Waals surface area contributed by atoms with Crippen LogP contribution >= 0.6 is 0 Å². The third-order valence-electron chi connectivity index (χ3n) is 18.7. The van der Waals surface area contributed by atoms with Gasteiger partial charge in [0.15, 0.2) is 6.10 Å². The Balaban J connectivity index is 3.37. The first-order valence-electron chi connectivity index (χ1n) is 41.1. The van der Waals surface area contributed by atoms with Crippen molar-refractivity contribution in [1.29, 1.82) is 0 Å². The highest BCUT2D eigenvalue weighted by Crippen LogP contribution is 2.20. The number of hydrogen-bond acceptors (Lipinski definition) is 5. The summed E-state index contributed by atoms with van der Waals surface area (Å²) >= 11 is 0. The Labute approximate surface area is 575 Å². The first-order valence-corrected chi connectivity index (χ1v) is 41.1. The van der Waals surface area contributed by atoms with Gasteiger partial charge in [0.1, 0.15) is 6.61 Å². The lowest BCUT2D eigenvalue weighted by Crippen LogP contribution is -2.28. The highest BCUT2D eigenvalue weighted by atomic mass is 16.6. The molecule has 0 bridgehead atoms. The zero-order chi connectivity index (χ0) is 66.1. The van der Waals surface area contributed by atoms with E-state index in [0.717, 1.165) is 77.0 Å². The molecule has 0 aromatic carbocycles. The monoisotopic (exact) mass is 1280 g/mol. The van der Waals surface area contributed by atoms with Crippen molar-refractivity contribution in [2.24, 2.45) is 0 Å². The molecule has 0 aliphatic carbocycles. The number of hydrogen-bond donors (Lipinski definition) is 1. The molecule has 0 aliphatic rings. The Bertz CT molecular complexity index is 1650. The largest absolute Gasteiger partial charge is 0.462 e. The van der Waals surface area contributed by atoms with Crippen LogP contribution in [0.15, 0.2) is 85.1 Å². The predicted molar refractivity (Wildman–Crippen MR) is 408 cm³/mol. The summed E-state index contributed by atoms with van der Waals surface area (Å²) in [7, 11) is 0. The van der Waals surface area contributed by atoms with Gasteiger partial charge >= 0.3 is 11.9 Å². The molecule has 1 atom stereocenters. The molecule has 0 amide bonds. The molecular formula is C87H158O5. The Hall–Kier alpha value is -2.92. The highest BCUT2D eigenvalue weighted by molar-refractivity contribution is 5.70. The number of esters is 2. The summed E-state index contributed by atoms with van der Waals surface area (Å²) in [5.41, 5.74) is 0. The van der Waals surface area contributed by atoms with Gasteiger partial charge in [0, 0.05) is 12.8 Å². The lowest BCUT2D eigenvalue weighted by molar-refractivity contribution is -0.161. The Morgan fingerprint density at radius 1 is 0.261 bits per heavy atom. The summed E-state index contributed by atoms with van der Waals surface area (Å²) in [5.74, 6) is -0.565. The minimum atomic E-state index is -0.772. The van der Waals surface area contributed by atoms with Gasteiger partial charge in [-0.2, -0.15) is 0 Å². The fraction of sp³-hybridized carbons (Fsp3) is 0.816. The predicted octanol–water partition coefficient (Wildman–Crippen LogP) is 29.1. The van der Waals surface area contributed by atoms with E-state index < -0.39 is 6.10 Å². The average molecular weight is 1280 g/mol. The van der Waals surface area contributed by atoms with Gasteiger partial charge in [-0.3, -0.25) is 9.59 Å². The maximum Gasteiger partial charge on any atom is 0.306 e. The topological polar surface area (TPSA) is 72.8 Å². The summed E-state index contributed by atoms with van der Waals surface area (Å²) in [6.45, 7) is 4.07. The summed E-state index contributed by atoms with van der Waals surface area (Å²) in [4.78, 5) is 24.7. The normalized spacial score (nSPS) is 12.6. The van der Waals surface area contributed by atoms with Crippen LogP contribution < -0.4 is 0 Å². The van der Waals surface area contributed by atoms with E-state index in [0.29, 0.717) is 12.8 Å². The first-order chi connectivity index (χ1) is 45.6. The summed E-state index contributed by atoms with van der Waals surface area (Å²) in [5, 5.41) is 9.74. The molecule has 5 nitrogen and oxygen atoms in total. The Morgan fingerprint density at radius 2 is 0.467 bits per heavy atom. The van der Waals surface area contributed by atoms with E-state index in [1.54, 1.807) is 0 Å². The molecule has 536 valence electrons. The maximum atomic E-state index is 12.4. The van der Waals surface area contributed by atoms with Crippen LogP contribution in [0.2, 0.25) is 0 Å². The first kappa shape index (κ1) is 89.1. The molecule has 0 saturated carbocycles. The molecule has 0 aromatic heterocycles. The van der Waals surface area contributed by atoms with Gasteiger partial charge in [-0.25, -0.2) is 0 Å². The van der Waals surface area contributed by atoms with E-state index in [9.17, 15) is 14.7 Å². The van der Waals surface area contributed by atoms with Crippen molar-refractivity contribution in [3.63, 3.8) is 0 Å². The number of unbranched alkanes of at least 4 members (excludes halogenated alkanes) is 55. The van der Waals surface area contributed by atoms with Crippen LogP contribution in [-0.4, -0.2) is 36.4 Å². The second-order valence-electron chi connectivity index (χ2n) is 27.8. The zero-order valence-corrected chi connectivity index (χ0v) is 61.8. The van der Waals surface area contributed by atoms with Crippen LogP contribution in [0.4, 0.5) is 0 Å². The summed E-state index contributed by atoms with van der Waals surface area (Å²) in [6, 6.07) is 0. The molecule has 0 radical (unpaired) electrons. The third-order valence-corrected chi connectivity index (χ3v) is 18.7. The highest BCUT2D eigenvalue weighted by Gasteiger charge is 2.16. The Kier molecular flexibility index (Phi) is 79.7. The smallest absolute Gasteiger partial charge is 0.306 e. The second-order valence-corrected chi connectivity index (χ2v) is 27.8. The maximum absolute atomic E-state index is 12.4. The van der Waals surface area contributed by atoms with Gasteiger partial charge in [-0.1, -0.05) is 420 Å². The second kappa shape index (κ2) is 82.3. The molecular weight excluding hydrogens is 1120 g/mol. The number of aliphatic hydroxyl groups is 1. The molecule has 0 aromatic rings. The van der Waals surface area contributed by atoms with Gasteiger partial charge in [-0.05, 0) is 89.9 Å². The average Bonchev–Trinajstić information content (AvgIpc) is 3.75. The molecule has 1 N–H and O–H groups in total. The van der Waals surface area contributed by atoms with Crippen LogP contribution in [0.25, 0.3) is 0 Å². The van der Waals surface area contributed by atoms with E-state index in [-0.39, 0.29) is 25.2 Å². The number of rotatable bonds is 77. The zero-order valence-electron chi connectivity index (χ0n) is 61.8. The Morgan fingerprint density at radius 3 is 0.707 bits per heavy atom. The number of ether oxygens (including phenoxy) is 2. The van der Waals surface area contributed by atoms with Crippen molar-refractivity contribution < 1.29 is 24.2 Å². The SMILES string of the molecule is CC/C=C\C/C=C\C/C=C\C/C=C\CCCCCCCCCCCCCCCCCCCCCCCCCCCCC(=O)OC(CO)COC(=O)CCCCCCCCCCCCCCCCCCCCCCCCCC/C=C\C/C=C\C/C=C\CCCCCCC. The number of aliphatic hydroxyl groups excluding tert-OH is 1.